The van der Waals surface area contributed by atoms with Crippen LogP contribution in [0.3, 0.4) is 0 Å². The second kappa shape index (κ2) is 5.84. The zero-order valence-corrected chi connectivity index (χ0v) is 14.2. The molecule has 0 spiro atoms. The monoisotopic (exact) mass is 348 g/mol. The average molecular weight is 349 g/mol. The van der Waals surface area contributed by atoms with Crippen molar-refractivity contribution in [3.63, 3.8) is 0 Å². The van der Waals surface area contributed by atoms with Crippen LogP contribution in [-0.2, 0) is 24.2 Å². The van der Waals surface area contributed by atoms with E-state index in [0.29, 0.717) is 36.6 Å². The lowest BCUT2D eigenvalue weighted by atomic mass is 9.95. The van der Waals surface area contributed by atoms with Crippen molar-refractivity contribution >= 4 is 23.2 Å². The first-order chi connectivity index (χ1) is 11.5. The number of nitrogens with zero attached hydrogens (tertiary/aromatic N) is 4. The van der Waals surface area contributed by atoms with Gasteiger partial charge in [0.1, 0.15) is 17.5 Å². The molecule has 5 nitrogen and oxygen atoms in total. The third kappa shape index (κ3) is 2.49. The van der Waals surface area contributed by atoms with Gasteiger partial charge in [0.2, 0.25) is 5.91 Å². The predicted octanol–water partition coefficient (Wildman–Crippen LogP) is 2.92. The topological polar surface area (TPSA) is 51.0 Å². The lowest BCUT2D eigenvalue weighted by Gasteiger charge is -2.34. The first-order valence-corrected chi connectivity index (χ1v) is 8.61. The quantitative estimate of drug-likeness (QED) is 0.796. The Hall–Kier alpha value is -1.95. The molecule has 2 aliphatic rings. The van der Waals surface area contributed by atoms with E-state index in [1.165, 1.54) is 6.07 Å². The van der Waals surface area contributed by atoms with Crippen LogP contribution >= 0.6 is 11.6 Å². The molecule has 4 rings (SSSR count). The largest absolute Gasteiger partial charge is 0.309 e. The van der Waals surface area contributed by atoms with E-state index in [2.05, 4.69) is 10.1 Å². The van der Waals surface area contributed by atoms with Gasteiger partial charge in [-0.3, -0.25) is 4.79 Å². The second-order valence-corrected chi connectivity index (χ2v) is 6.85. The third-order valence-electron chi connectivity index (χ3n) is 4.83. The molecule has 3 heterocycles. The summed E-state index contributed by atoms with van der Waals surface area (Å²) in [5, 5.41) is 4.87. The van der Waals surface area contributed by atoms with Crippen LogP contribution in [0, 0.1) is 18.7 Å². The van der Waals surface area contributed by atoms with E-state index < -0.39 is 0 Å². The SMILES string of the molecule is Cc1nc2n(n1)CC(C(=O)N1CCCc3c(Cl)ccc(F)c31)CC2. The number of carbonyl (C=O) groups is 1. The smallest absolute Gasteiger partial charge is 0.232 e. The van der Waals surface area contributed by atoms with Crippen LogP contribution in [0.25, 0.3) is 0 Å². The highest BCUT2D eigenvalue weighted by Gasteiger charge is 2.34. The molecule has 0 bridgehead atoms. The predicted molar refractivity (Wildman–Crippen MR) is 88.7 cm³/mol. The molecular formula is C17H18ClFN4O. The first-order valence-electron chi connectivity index (χ1n) is 8.23. The van der Waals surface area contributed by atoms with Crippen LogP contribution in [0.1, 0.15) is 30.1 Å². The fraction of sp³-hybridized carbons (Fsp3) is 0.471. The van der Waals surface area contributed by atoms with Gasteiger partial charge in [0.05, 0.1) is 18.2 Å². The Bertz CT molecular complexity index is 819. The third-order valence-corrected chi connectivity index (χ3v) is 5.19. The van der Waals surface area contributed by atoms with Crippen molar-refractivity contribution in [3.05, 3.63) is 40.2 Å². The summed E-state index contributed by atoms with van der Waals surface area (Å²) in [6.45, 7) is 2.88. The van der Waals surface area contributed by atoms with Crippen LogP contribution in [0.2, 0.25) is 5.02 Å². The zero-order chi connectivity index (χ0) is 16.8. The highest BCUT2D eigenvalue weighted by atomic mass is 35.5. The molecule has 2 aliphatic heterocycles. The zero-order valence-electron chi connectivity index (χ0n) is 13.4. The summed E-state index contributed by atoms with van der Waals surface area (Å²) in [5.74, 6) is 1.01. The number of hydrogen-bond acceptors (Lipinski definition) is 3. The molecule has 0 N–H and O–H groups in total. The standard InChI is InChI=1S/C17H18ClFN4O/c1-10-20-15-7-4-11(9-23(15)21-10)17(24)22-8-2-3-12-13(18)5-6-14(19)16(12)22/h5-6,11H,2-4,7-9H2,1H3. The van der Waals surface area contributed by atoms with E-state index in [1.807, 2.05) is 6.92 Å². The minimum absolute atomic E-state index is 0.0454. The van der Waals surface area contributed by atoms with Gasteiger partial charge >= 0.3 is 0 Å². The van der Waals surface area contributed by atoms with Crippen LogP contribution < -0.4 is 4.90 Å². The lowest BCUT2D eigenvalue weighted by Crippen LogP contribution is -2.43. The number of carbonyl (C=O) groups excluding carboxylic acids is 1. The fourth-order valence-electron chi connectivity index (χ4n) is 3.71. The van der Waals surface area contributed by atoms with Gasteiger partial charge < -0.3 is 4.90 Å². The summed E-state index contributed by atoms with van der Waals surface area (Å²) in [4.78, 5) is 19.0. The summed E-state index contributed by atoms with van der Waals surface area (Å²) in [7, 11) is 0. The molecule has 1 atom stereocenters. The Kier molecular flexibility index (Phi) is 3.79. The molecule has 7 heteroatoms. The lowest BCUT2D eigenvalue weighted by molar-refractivity contribution is -0.123. The summed E-state index contributed by atoms with van der Waals surface area (Å²) in [5.41, 5.74) is 1.10. The highest BCUT2D eigenvalue weighted by molar-refractivity contribution is 6.32. The normalized spacial score (nSPS) is 19.8. The summed E-state index contributed by atoms with van der Waals surface area (Å²) in [6, 6.07) is 2.90. The molecule has 24 heavy (non-hydrogen) atoms. The van der Waals surface area contributed by atoms with Crippen molar-refractivity contribution in [2.45, 2.75) is 39.2 Å². The van der Waals surface area contributed by atoms with E-state index in [0.717, 1.165) is 30.1 Å². The van der Waals surface area contributed by atoms with Gasteiger partial charge in [-0.05, 0) is 43.9 Å². The molecule has 1 unspecified atom stereocenters. The molecule has 1 aromatic heterocycles. The fourth-order valence-corrected chi connectivity index (χ4v) is 3.96. The Morgan fingerprint density at radius 3 is 3.04 bits per heavy atom. The summed E-state index contributed by atoms with van der Waals surface area (Å²) >= 11 is 6.21. The van der Waals surface area contributed by atoms with Gasteiger partial charge in [0, 0.05) is 18.0 Å². The summed E-state index contributed by atoms with van der Waals surface area (Å²) in [6.07, 6.45) is 2.93. The molecule has 1 aromatic carbocycles. The molecule has 1 amide bonds. The molecular weight excluding hydrogens is 331 g/mol. The van der Waals surface area contributed by atoms with Gasteiger partial charge in [-0.2, -0.15) is 5.10 Å². The molecule has 0 radical (unpaired) electrons. The number of amides is 1. The Balaban J connectivity index is 1.64. The van der Waals surface area contributed by atoms with E-state index >= 15 is 0 Å². The molecule has 0 saturated carbocycles. The van der Waals surface area contributed by atoms with E-state index in [-0.39, 0.29) is 17.6 Å². The summed E-state index contributed by atoms with van der Waals surface area (Å²) < 4.78 is 16.2. The maximum atomic E-state index is 14.4. The van der Waals surface area contributed by atoms with Crippen molar-refractivity contribution < 1.29 is 9.18 Å². The van der Waals surface area contributed by atoms with Crippen LogP contribution in [0.15, 0.2) is 12.1 Å². The maximum Gasteiger partial charge on any atom is 0.232 e. The Labute approximate surface area is 144 Å². The number of rotatable bonds is 1. The minimum atomic E-state index is -0.379. The minimum Gasteiger partial charge on any atom is -0.309 e. The molecule has 126 valence electrons. The van der Waals surface area contributed by atoms with Gasteiger partial charge in [-0.1, -0.05) is 11.6 Å². The second-order valence-electron chi connectivity index (χ2n) is 6.44. The maximum absolute atomic E-state index is 14.4. The van der Waals surface area contributed by atoms with Crippen molar-refractivity contribution in [3.8, 4) is 0 Å². The molecule has 0 saturated heterocycles. The van der Waals surface area contributed by atoms with E-state index in [9.17, 15) is 9.18 Å². The number of halogens is 2. The Morgan fingerprint density at radius 1 is 1.38 bits per heavy atom. The van der Waals surface area contributed by atoms with Crippen LogP contribution in [-0.4, -0.2) is 27.2 Å². The van der Waals surface area contributed by atoms with Crippen LogP contribution in [0.4, 0.5) is 10.1 Å². The first kappa shape index (κ1) is 15.6. The van der Waals surface area contributed by atoms with Gasteiger partial charge in [-0.25, -0.2) is 14.1 Å². The van der Waals surface area contributed by atoms with Crippen molar-refractivity contribution in [2.75, 3.05) is 11.4 Å². The van der Waals surface area contributed by atoms with Gasteiger partial charge in [-0.15, -0.1) is 0 Å². The number of fused-ring (bicyclic) bond motifs is 2. The van der Waals surface area contributed by atoms with Gasteiger partial charge in [0.25, 0.3) is 0 Å². The number of aromatic nitrogens is 3. The van der Waals surface area contributed by atoms with Crippen molar-refractivity contribution in [1.82, 2.24) is 14.8 Å². The number of hydrogen-bond donors (Lipinski definition) is 0. The van der Waals surface area contributed by atoms with Crippen molar-refractivity contribution in [1.29, 1.82) is 0 Å². The van der Waals surface area contributed by atoms with E-state index in [4.69, 9.17) is 11.6 Å². The van der Waals surface area contributed by atoms with Crippen molar-refractivity contribution in [2.24, 2.45) is 5.92 Å². The number of anilines is 1. The molecule has 0 aliphatic carbocycles. The highest BCUT2D eigenvalue weighted by Crippen LogP contribution is 2.36. The van der Waals surface area contributed by atoms with Crippen LogP contribution in [0.5, 0.6) is 0 Å². The molecule has 2 aromatic rings. The molecule has 0 fully saturated rings. The Morgan fingerprint density at radius 2 is 2.21 bits per heavy atom. The van der Waals surface area contributed by atoms with Gasteiger partial charge in [0.15, 0.2) is 0 Å². The van der Waals surface area contributed by atoms with E-state index in [1.54, 1.807) is 15.6 Å². The number of aryl methyl sites for hydroxylation is 2. The average Bonchev–Trinajstić information content (AvgIpc) is 2.96. The number of benzene rings is 1.